The Hall–Kier alpha value is -1.88. The molecule has 0 amide bonds. The lowest BCUT2D eigenvalue weighted by molar-refractivity contribution is 0.0465. The van der Waals surface area contributed by atoms with Crippen LogP contribution in [-0.4, -0.2) is 22.2 Å². The van der Waals surface area contributed by atoms with Crippen LogP contribution < -0.4 is 0 Å². The molecule has 0 spiro atoms. The van der Waals surface area contributed by atoms with E-state index >= 15 is 0 Å². The molecule has 1 aromatic carbocycles. The molecular weight excluding hydrogens is 248 g/mol. The average molecular weight is 260 g/mol. The molecule has 0 atom stereocenters. The van der Waals surface area contributed by atoms with Crippen LogP contribution in [0.25, 0.3) is 0 Å². The summed E-state index contributed by atoms with van der Waals surface area (Å²) in [5.41, 5.74) is 1.17. The number of thioether (sulfide) groups is 1. The summed E-state index contributed by atoms with van der Waals surface area (Å²) in [4.78, 5) is 20.5. The van der Waals surface area contributed by atoms with E-state index in [1.165, 1.54) is 23.5 Å². The number of aromatic nitrogens is 2. The highest BCUT2D eigenvalue weighted by Crippen LogP contribution is 2.15. The predicted octanol–water partition coefficient (Wildman–Crippen LogP) is 2.56. The molecule has 1 heterocycles. The Kier molecular flexibility index (Phi) is 4.30. The van der Waals surface area contributed by atoms with Gasteiger partial charge in [-0.3, -0.25) is 4.98 Å². The lowest BCUT2D eigenvalue weighted by Crippen LogP contribution is -2.07. The number of carbonyl (C=O) groups excluding carboxylic acids is 1. The van der Waals surface area contributed by atoms with Crippen LogP contribution in [0.15, 0.2) is 47.8 Å². The number of nitrogens with zero attached hydrogens (tertiary/aromatic N) is 2. The van der Waals surface area contributed by atoms with E-state index in [2.05, 4.69) is 9.97 Å². The van der Waals surface area contributed by atoms with Gasteiger partial charge in [0, 0.05) is 17.3 Å². The van der Waals surface area contributed by atoms with Crippen molar-refractivity contribution >= 4 is 17.7 Å². The van der Waals surface area contributed by atoms with Crippen molar-refractivity contribution in [3.63, 3.8) is 0 Å². The third-order valence-electron chi connectivity index (χ3n) is 2.30. The zero-order valence-electron chi connectivity index (χ0n) is 9.87. The van der Waals surface area contributed by atoms with E-state index in [0.29, 0.717) is 0 Å². The van der Waals surface area contributed by atoms with Crippen LogP contribution in [-0.2, 0) is 11.3 Å². The molecule has 5 heteroatoms. The van der Waals surface area contributed by atoms with Gasteiger partial charge in [-0.1, -0.05) is 12.1 Å². The van der Waals surface area contributed by atoms with Gasteiger partial charge in [-0.2, -0.15) is 0 Å². The average Bonchev–Trinajstić information content (AvgIpc) is 2.46. The molecule has 0 radical (unpaired) electrons. The van der Waals surface area contributed by atoms with Gasteiger partial charge in [0.2, 0.25) is 0 Å². The van der Waals surface area contributed by atoms with E-state index < -0.39 is 5.97 Å². The molecule has 0 saturated carbocycles. The third-order valence-corrected chi connectivity index (χ3v) is 3.04. The third kappa shape index (κ3) is 3.30. The number of hydrogen-bond acceptors (Lipinski definition) is 5. The number of benzene rings is 1. The van der Waals surface area contributed by atoms with Gasteiger partial charge < -0.3 is 4.74 Å². The molecule has 18 heavy (non-hydrogen) atoms. The zero-order chi connectivity index (χ0) is 12.8. The van der Waals surface area contributed by atoms with Crippen molar-refractivity contribution in [1.29, 1.82) is 0 Å². The fourth-order valence-corrected chi connectivity index (χ4v) is 1.76. The second-order valence-corrected chi connectivity index (χ2v) is 4.39. The summed E-state index contributed by atoms with van der Waals surface area (Å²) in [7, 11) is 0. The van der Waals surface area contributed by atoms with Crippen LogP contribution in [0.5, 0.6) is 0 Å². The molecule has 1 aromatic heterocycles. The van der Waals surface area contributed by atoms with Crippen LogP contribution in [0.2, 0.25) is 0 Å². The first-order valence-electron chi connectivity index (χ1n) is 5.35. The minimum absolute atomic E-state index is 0.221. The first-order valence-corrected chi connectivity index (χ1v) is 6.58. The standard InChI is InChI=1S/C13H12N2O2S/c1-18-11-4-2-10(3-5-11)9-17-13(16)12-8-14-6-7-15-12/h2-8H,9H2,1H3. The molecule has 0 aliphatic carbocycles. The van der Waals surface area contributed by atoms with Crippen LogP contribution in [0.3, 0.4) is 0 Å². The summed E-state index contributed by atoms with van der Waals surface area (Å²) >= 11 is 1.67. The van der Waals surface area contributed by atoms with Crippen molar-refractivity contribution in [3.8, 4) is 0 Å². The van der Waals surface area contributed by atoms with E-state index in [1.807, 2.05) is 30.5 Å². The van der Waals surface area contributed by atoms with Crippen molar-refractivity contribution in [1.82, 2.24) is 9.97 Å². The molecule has 0 saturated heterocycles. The molecule has 0 unspecified atom stereocenters. The predicted molar refractivity (Wildman–Crippen MR) is 69.4 cm³/mol. The molecule has 2 aromatic rings. The van der Waals surface area contributed by atoms with E-state index in [-0.39, 0.29) is 12.3 Å². The van der Waals surface area contributed by atoms with E-state index in [4.69, 9.17) is 4.74 Å². The highest BCUT2D eigenvalue weighted by molar-refractivity contribution is 7.98. The zero-order valence-corrected chi connectivity index (χ0v) is 10.7. The molecule has 4 nitrogen and oxygen atoms in total. The van der Waals surface area contributed by atoms with Gasteiger partial charge in [0.05, 0.1) is 6.20 Å². The fourth-order valence-electron chi connectivity index (χ4n) is 1.35. The Morgan fingerprint density at radius 3 is 2.67 bits per heavy atom. The minimum Gasteiger partial charge on any atom is -0.456 e. The van der Waals surface area contributed by atoms with Gasteiger partial charge in [0.25, 0.3) is 0 Å². The maximum atomic E-state index is 11.6. The van der Waals surface area contributed by atoms with Gasteiger partial charge >= 0.3 is 5.97 Å². The highest BCUT2D eigenvalue weighted by Gasteiger charge is 2.08. The van der Waals surface area contributed by atoms with Crippen LogP contribution in [0.1, 0.15) is 16.1 Å². The lowest BCUT2D eigenvalue weighted by Gasteiger charge is -2.04. The van der Waals surface area contributed by atoms with Gasteiger partial charge in [-0.05, 0) is 24.0 Å². The largest absolute Gasteiger partial charge is 0.456 e. The Balaban J connectivity index is 1.93. The Morgan fingerprint density at radius 1 is 1.28 bits per heavy atom. The van der Waals surface area contributed by atoms with Crippen LogP contribution >= 0.6 is 11.8 Å². The van der Waals surface area contributed by atoms with Crippen LogP contribution in [0.4, 0.5) is 0 Å². The Labute approximate surface area is 109 Å². The van der Waals surface area contributed by atoms with Crippen molar-refractivity contribution in [2.75, 3.05) is 6.26 Å². The number of rotatable bonds is 4. The minimum atomic E-state index is -0.461. The molecule has 92 valence electrons. The maximum absolute atomic E-state index is 11.6. The van der Waals surface area contributed by atoms with Crippen molar-refractivity contribution in [3.05, 3.63) is 54.1 Å². The first kappa shape index (κ1) is 12.6. The number of esters is 1. The quantitative estimate of drug-likeness (QED) is 0.624. The van der Waals surface area contributed by atoms with E-state index in [1.54, 1.807) is 11.8 Å². The second-order valence-electron chi connectivity index (χ2n) is 3.51. The lowest BCUT2D eigenvalue weighted by atomic mass is 10.2. The van der Waals surface area contributed by atoms with Gasteiger partial charge in [-0.15, -0.1) is 11.8 Å². The number of hydrogen-bond donors (Lipinski definition) is 0. The Morgan fingerprint density at radius 2 is 2.06 bits per heavy atom. The molecule has 0 aliphatic rings. The maximum Gasteiger partial charge on any atom is 0.358 e. The molecular formula is C13H12N2O2S. The molecule has 2 rings (SSSR count). The molecule has 0 N–H and O–H groups in total. The topological polar surface area (TPSA) is 52.1 Å². The summed E-state index contributed by atoms with van der Waals surface area (Å²) in [6, 6.07) is 7.87. The number of ether oxygens (including phenoxy) is 1. The first-order chi connectivity index (χ1) is 8.79. The van der Waals surface area contributed by atoms with E-state index in [0.717, 1.165) is 5.56 Å². The van der Waals surface area contributed by atoms with Gasteiger partial charge in [-0.25, -0.2) is 9.78 Å². The Bertz CT molecular complexity index is 514. The van der Waals surface area contributed by atoms with Crippen molar-refractivity contribution < 1.29 is 9.53 Å². The summed E-state index contributed by atoms with van der Waals surface area (Å²) < 4.78 is 5.14. The molecule has 0 fully saturated rings. The van der Waals surface area contributed by atoms with Crippen molar-refractivity contribution in [2.45, 2.75) is 11.5 Å². The second kappa shape index (κ2) is 6.16. The fraction of sp³-hybridized carbons (Fsp3) is 0.154. The normalized spacial score (nSPS) is 10.1. The summed E-state index contributed by atoms with van der Waals surface area (Å²) in [6.07, 6.45) is 6.38. The van der Waals surface area contributed by atoms with Crippen LogP contribution in [0, 0.1) is 0 Å². The van der Waals surface area contributed by atoms with Gasteiger partial charge in [0.15, 0.2) is 5.69 Å². The summed E-state index contributed by atoms with van der Waals surface area (Å²) in [6.45, 7) is 0.240. The summed E-state index contributed by atoms with van der Waals surface area (Å²) in [5, 5.41) is 0. The summed E-state index contributed by atoms with van der Waals surface area (Å²) in [5.74, 6) is -0.461. The monoisotopic (exact) mass is 260 g/mol. The van der Waals surface area contributed by atoms with E-state index in [9.17, 15) is 4.79 Å². The highest BCUT2D eigenvalue weighted by atomic mass is 32.2. The SMILES string of the molecule is CSc1ccc(COC(=O)c2cnccn2)cc1. The molecule has 0 aliphatic heterocycles. The number of carbonyl (C=O) groups is 1. The van der Waals surface area contributed by atoms with Crippen molar-refractivity contribution in [2.24, 2.45) is 0 Å². The molecule has 0 bridgehead atoms. The van der Waals surface area contributed by atoms with Gasteiger partial charge in [0.1, 0.15) is 6.61 Å². The smallest absolute Gasteiger partial charge is 0.358 e.